The lowest BCUT2D eigenvalue weighted by atomic mass is 9.73. The summed E-state index contributed by atoms with van der Waals surface area (Å²) >= 11 is 0. The standard InChI is InChI=1S/C28H35NO2/c1-18-8-10-20(11-9-18)7-5-6-19(2)22-16-23(30)26-24(17-22)31-28(3,4)27-25(26)21-12-14-29(27)15-13-21/h8-11,16-17,19,21,30H,5-7,12-15H2,1-4H3. The molecule has 0 radical (unpaired) electrons. The van der Waals surface area contributed by atoms with Gasteiger partial charge in [0.05, 0.1) is 11.3 Å². The number of hydrogen-bond acceptors (Lipinski definition) is 3. The molecule has 6 rings (SSSR count). The molecule has 1 unspecified atom stereocenters. The number of phenolic OH excluding ortho intramolecular Hbond substituents is 1. The summed E-state index contributed by atoms with van der Waals surface area (Å²) in [6.07, 6.45) is 5.70. The number of phenols is 1. The molecule has 0 amide bonds. The highest BCUT2D eigenvalue weighted by Gasteiger charge is 2.46. The third-order valence-corrected chi connectivity index (χ3v) is 7.58. The van der Waals surface area contributed by atoms with Crippen LogP contribution in [0.15, 0.2) is 42.1 Å². The van der Waals surface area contributed by atoms with E-state index < -0.39 is 0 Å². The van der Waals surface area contributed by atoms with Gasteiger partial charge in [-0.25, -0.2) is 0 Å². The molecule has 4 aliphatic heterocycles. The molecular formula is C28H35NO2. The zero-order chi connectivity index (χ0) is 21.8. The van der Waals surface area contributed by atoms with Gasteiger partial charge in [0.2, 0.25) is 0 Å². The van der Waals surface area contributed by atoms with Crippen molar-refractivity contribution in [1.29, 1.82) is 0 Å². The van der Waals surface area contributed by atoms with Crippen molar-refractivity contribution in [3.8, 4) is 11.5 Å². The highest BCUT2D eigenvalue weighted by atomic mass is 16.5. The van der Waals surface area contributed by atoms with Gasteiger partial charge in [-0.05, 0) is 93.5 Å². The average molecular weight is 418 g/mol. The first-order valence-electron chi connectivity index (χ1n) is 11.9. The van der Waals surface area contributed by atoms with Crippen LogP contribution in [0.3, 0.4) is 0 Å². The number of aromatic hydroxyl groups is 1. The van der Waals surface area contributed by atoms with Crippen LogP contribution in [-0.2, 0) is 6.42 Å². The predicted octanol–water partition coefficient (Wildman–Crippen LogP) is 6.43. The van der Waals surface area contributed by atoms with Crippen LogP contribution in [0.25, 0.3) is 5.57 Å². The Hall–Kier alpha value is -2.42. The molecule has 1 atom stereocenters. The summed E-state index contributed by atoms with van der Waals surface area (Å²) in [4.78, 5) is 2.49. The van der Waals surface area contributed by atoms with Crippen molar-refractivity contribution < 1.29 is 9.84 Å². The number of hydrogen-bond donors (Lipinski definition) is 1. The number of benzene rings is 2. The molecule has 1 saturated heterocycles. The molecule has 3 heteroatoms. The van der Waals surface area contributed by atoms with Crippen LogP contribution in [0.5, 0.6) is 11.5 Å². The smallest absolute Gasteiger partial charge is 0.143 e. The first-order valence-corrected chi connectivity index (χ1v) is 11.9. The fraction of sp³-hybridized carbons (Fsp3) is 0.500. The Bertz CT molecular complexity index is 1010. The van der Waals surface area contributed by atoms with E-state index in [9.17, 15) is 5.11 Å². The van der Waals surface area contributed by atoms with Crippen molar-refractivity contribution >= 4 is 5.57 Å². The first-order chi connectivity index (χ1) is 14.8. The summed E-state index contributed by atoms with van der Waals surface area (Å²) in [7, 11) is 0. The Balaban J connectivity index is 1.38. The summed E-state index contributed by atoms with van der Waals surface area (Å²) in [6.45, 7) is 11.0. The molecule has 0 aromatic heterocycles. The Morgan fingerprint density at radius 3 is 2.55 bits per heavy atom. The van der Waals surface area contributed by atoms with Gasteiger partial charge in [-0.3, -0.25) is 0 Å². The van der Waals surface area contributed by atoms with E-state index in [1.807, 2.05) is 6.07 Å². The lowest BCUT2D eigenvalue weighted by Gasteiger charge is -2.51. The maximum absolute atomic E-state index is 11.1. The van der Waals surface area contributed by atoms with Crippen molar-refractivity contribution in [2.24, 2.45) is 5.92 Å². The van der Waals surface area contributed by atoms with E-state index in [2.05, 4.69) is 62.9 Å². The molecule has 0 aliphatic carbocycles. The summed E-state index contributed by atoms with van der Waals surface area (Å²) in [6, 6.07) is 13.1. The lowest BCUT2D eigenvalue weighted by Crippen LogP contribution is -2.50. The minimum atomic E-state index is -0.346. The quantitative estimate of drug-likeness (QED) is 0.608. The number of ether oxygens (including phenoxy) is 1. The Kier molecular flexibility index (Phi) is 5.03. The molecule has 2 aromatic rings. The van der Waals surface area contributed by atoms with E-state index in [0.717, 1.165) is 43.7 Å². The van der Waals surface area contributed by atoms with E-state index >= 15 is 0 Å². The second-order valence-electron chi connectivity index (χ2n) is 10.3. The molecule has 4 aliphatic rings. The largest absolute Gasteiger partial charge is 0.507 e. The highest BCUT2D eigenvalue weighted by Crippen LogP contribution is 2.54. The van der Waals surface area contributed by atoms with E-state index in [4.69, 9.17) is 4.74 Å². The maximum atomic E-state index is 11.1. The van der Waals surface area contributed by atoms with Gasteiger partial charge in [0, 0.05) is 13.1 Å². The molecule has 0 spiro atoms. The van der Waals surface area contributed by atoms with Crippen molar-refractivity contribution in [1.82, 2.24) is 4.90 Å². The van der Waals surface area contributed by atoms with Crippen LogP contribution in [0, 0.1) is 12.8 Å². The molecule has 1 N–H and O–H groups in total. The molecule has 31 heavy (non-hydrogen) atoms. The summed E-state index contributed by atoms with van der Waals surface area (Å²) in [5.41, 5.74) is 7.15. The molecule has 2 aromatic carbocycles. The van der Waals surface area contributed by atoms with Crippen LogP contribution in [0.2, 0.25) is 0 Å². The number of piperidine rings is 1. The maximum Gasteiger partial charge on any atom is 0.143 e. The molecular weight excluding hydrogens is 382 g/mol. The summed E-state index contributed by atoms with van der Waals surface area (Å²) in [5, 5.41) is 11.1. The second kappa shape index (κ2) is 7.62. The lowest BCUT2D eigenvalue weighted by molar-refractivity contribution is 0.0769. The van der Waals surface area contributed by atoms with Crippen molar-refractivity contribution in [3.63, 3.8) is 0 Å². The fourth-order valence-corrected chi connectivity index (χ4v) is 5.90. The number of rotatable bonds is 5. The molecule has 1 fully saturated rings. The molecule has 2 bridgehead atoms. The van der Waals surface area contributed by atoms with Crippen molar-refractivity contribution in [2.75, 3.05) is 13.1 Å². The van der Waals surface area contributed by atoms with Crippen molar-refractivity contribution in [3.05, 3.63) is 64.3 Å². The molecule has 4 heterocycles. The number of fused-ring (bicyclic) bond motifs is 3. The number of nitrogens with zero attached hydrogens (tertiary/aromatic N) is 1. The average Bonchev–Trinajstić information content (AvgIpc) is 2.74. The van der Waals surface area contributed by atoms with Gasteiger partial charge in [-0.15, -0.1) is 0 Å². The predicted molar refractivity (Wildman–Crippen MR) is 127 cm³/mol. The van der Waals surface area contributed by atoms with E-state index in [-0.39, 0.29) is 5.60 Å². The van der Waals surface area contributed by atoms with E-state index in [1.54, 1.807) is 0 Å². The Morgan fingerprint density at radius 2 is 1.84 bits per heavy atom. The van der Waals surface area contributed by atoms with Gasteiger partial charge in [-0.2, -0.15) is 0 Å². The summed E-state index contributed by atoms with van der Waals surface area (Å²) in [5.74, 6) is 2.20. The molecule has 164 valence electrons. The molecule has 3 nitrogen and oxygen atoms in total. The third-order valence-electron chi connectivity index (χ3n) is 7.58. The third kappa shape index (κ3) is 3.62. The van der Waals surface area contributed by atoms with Gasteiger partial charge in [-0.1, -0.05) is 36.8 Å². The Morgan fingerprint density at radius 1 is 1.13 bits per heavy atom. The van der Waals surface area contributed by atoms with Crippen molar-refractivity contribution in [2.45, 2.75) is 71.3 Å². The topological polar surface area (TPSA) is 32.7 Å². The summed E-state index contributed by atoms with van der Waals surface area (Å²) < 4.78 is 6.54. The van der Waals surface area contributed by atoms with E-state index in [0.29, 0.717) is 17.6 Å². The van der Waals surface area contributed by atoms with Gasteiger partial charge < -0.3 is 14.7 Å². The van der Waals surface area contributed by atoms with Gasteiger partial charge in [0.25, 0.3) is 0 Å². The fourth-order valence-electron chi connectivity index (χ4n) is 5.90. The molecule has 0 saturated carbocycles. The van der Waals surface area contributed by atoms with Gasteiger partial charge in [0.1, 0.15) is 17.1 Å². The van der Waals surface area contributed by atoms with Crippen LogP contribution in [-0.4, -0.2) is 28.7 Å². The van der Waals surface area contributed by atoms with Crippen LogP contribution < -0.4 is 4.74 Å². The van der Waals surface area contributed by atoms with Gasteiger partial charge >= 0.3 is 0 Å². The van der Waals surface area contributed by atoms with E-state index in [1.165, 1.54) is 40.8 Å². The first kappa shape index (κ1) is 20.5. The zero-order valence-electron chi connectivity index (χ0n) is 19.4. The monoisotopic (exact) mass is 417 g/mol. The van der Waals surface area contributed by atoms with Crippen LogP contribution in [0.4, 0.5) is 0 Å². The Labute approximate surface area is 186 Å². The normalized spacial score (nSPS) is 20.3. The van der Waals surface area contributed by atoms with Crippen LogP contribution >= 0.6 is 0 Å². The second-order valence-corrected chi connectivity index (χ2v) is 10.3. The number of allylic oxidation sites excluding steroid dienone is 1. The zero-order valence-corrected chi connectivity index (χ0v) is 19.4. The minimum Gasteiger partial charge on any atom is -0.507 e. The SMILES string of the molecule is Cc1ccc(CCCC(C)c2cc(O)c3c(c2)OC(C)(C)C2=C3C3CCN2CC3)cc1. The number of aryl methyl sites for hydroxylation is 2. The van der Waals surface area contributed by atoms with Crippen LogP contribution in [0.1, 0.15) is 74.6 Å². The van der Waals surface area contributed by atoms with Gasteiger partial charge in [0.15, 0.2) is 0 Å². The highest BCUT2D eigenvalue weighted by molar-refractivity contribution is 5.82. The minimum absolute atomic E-state index is 0.346.